The zero-order valence-electron chi connectivity index (χ0n) is 40.5. The number of ether oxygens (including phenoxy) is 1. The predicted octanol–water partition coefficient (Wildman–Crippen LogP) is 5.65. The van der Waals surface area contributed by atoms with Gasteiger partial charge >= 0.3 is 5.97 Å². The quantitative estimate of drug-likeness (QED) is 0.0993. The third-order valence-corrected chi connectivity index (χ3v) is 21.2. The monoisotopic (exact) mass is 925 g/mol. The van der Waals surface area contributed by atoms with E-state index < -0.39 is 82.1 Å². The summed E-state index contributed by atoms with van der Waals surface area (Å²) in [7, 11) is 0. The van der Waals surface area contributed by atoms with E-state index in [1.54, 1.807) is 6.92 Å². The lowest BCUT2D eigenvalue weighted by Gasteiger charge is -2.62. The van der Waals surface area contributed by atoms with Crippen molar-refractivity contribution in [1.82, 2.24) is 10.3 Å². The lowest BCUT2D eigenvalue weighted by molar-refractivity contribution is -0.222. The molecule has 5 saturated carbocycles. The van der Waals surface area contributed by atoms with Gasteiger partial charge in [0.1, 0.15) is 6.04 Å². The number of carbonyl (C=O) groups is 3. The Kier molecular flexibility index (Phi) is 11.6. The summed E-state index contributed by atoms with van der Waals surface area (Å²) in [5, 5.41) is 77.4. The summed E-state index contributed by atoms with van der Waals surface area (Å²) in [5.41, 5.74) is -4.34. The Bertz CT molecular complexity index is 2290. The molecule has 12 nitrogen and oxygen atoms in total. The van der Waals surface area contributed by atoms with Crippen LogP contribution in [0.15, 0.2) is 41.4 Å². The second kappa shape index (κ2) is 16.4. The number of allylic oxidation sites excluding steroid dienone is 3. The molecule has 12 heteroatoms. The summed E-state index contributed by atoms with van der Waals surface area (Å²) < 4.78 is 5.95. The number of nitrogens with one attached hydrogen (secondary N) is 2. The van der Waals surface area contributed by atoms with Crippen LogP contribution in [0.1, 0.15) is 143 Å². The van der Waals surface area contributed by atoms with Gasteiger partial charge in [0.2, 0.25) is 0 Å². The number of esters is 1. The van der Waals surface area contributed by atoms with Gasteiger partial charge < -0.3 is 45.7 Å². The number of hydrogen-bond acceptors (Lipinski definition) is 11. The van der Waals surface area contributed by atoms with Crippen LogP contribution in [0.25, 0.3) is 0 Å². The zero-order chi connectivity index (χ0) is 47.8. The summed E-state index contributed by atoms with van der Waals surface area (Å²) >= 11 is 0. The number of Topliss-reactive ketones (excluding diaryl/α,β-unsaturated/α-hetero) is 2. The topological polar surface area (TPSA) is 210 Å². The van der Waals surface area contributed by atoms with Gasteiger partial charge in [0.15, 0.2) is 11.6 Å². The number of rotatable bonds is 6. The highest BCUT2D eigenvalue weighted by Crippen LogP contribution is 2.73. The molecular formula is C55H76N2O10. The van der Waals surface area contributed by atoms with Crippen molar-refractivity contribution in [2.24, 2.45) is 75.4 Å². The molecule has 1 saturated heterocycles. The molecule has 0 aromatic carbocycles. The Labute approximate surface area is 396 Å². The number of hydrogen-bond donors (Lipinski definition) is 8. The van der Waals surface area contributed by atoms with E-state index in [4.69, 9.17) is 4.74 Å². The van der Waals surface area contributed by atoms with Gasteiger partial charge in [0.25, 0.3) is 0 Å². The summed E-state index contributed by atoms with van der Waals surface area (Å²) in [6.07, 6.45) is 11.8. The second-order valence-electron chi connectivity index (χ2n) is 24.5. The molecule has 10 rings (SSSR count). The highest BCUT2D eigenvalue weighted by atomic mass is 16.5. The summed E-state index contributed by atoms with van der Waals surface area (Å²) in [6.45, 7) is 11.4. The zero-order valence-corrected chi connectivity index (χ0v) is 40.5. The van der Waals surface area contributed by atoms with Gasteiger partial charge in [-0.25, -0.2) is 0 Å². The van der Waals surface area contributed by atoms with Crippen LogP contribution in [-0.4, -0.2) is 101 Å². The Balaban J connectivity index is 1.15. The molecule has 9 aliphatic rings. The van der Waals surface area contributed by atoms with Crippen molar-refractivity contribution >= 4 is 17.5 Å². The van der Waals surface area contributed by atoms with E-state index >= 15 is 4.79 Å². The van der Waals surface area contributed by atoms with Crippen LogP contribution in [0.5, 0.6) is 0 Å². The van der Waals surface area contributed by atoms with E-state index in [-0.39, 0.29) is 90.5 Å². The number of aromatic nitrogens is 1. The molecule has 0 unspecified atom stereocenters. The second-order valence-corrected chi connectivity index (χ2v) is 24.5. The highest BCUT2D eigenvalue weighted by Gasteiger charge is 2.74. The van der Waals surface area contributed by atoms with E-state index in [1.165, 1.54) is 12.5 Å². The fourth-order valence-electron chi connectivity index (χ4n) is 17.8. The Morgan fingerprint density at radius 3 is 2.46 bits per heavy atom. The Hall–Kier alpha value is -3.31. The number of aliphatic hydroxyl groups excluding tert-OH is 3. The van der Waals surface area contributed by atoms with Crippen molar-refractivity contribution in [3.8, 4) is 11.8 Å². The van der Waals surface area contributed by atoms with E-state index in [2.05, 4.69) is 42.1 Å². The van der Waals surface area contributed by atoms with Crippen LogP contribution in [0.4, 0.5) is 0 Å². The minimum atomic E-state index is -1.75. The minimum absolute atomic E-state index is 0.00835. The third kappa shape index (κ3) is 6.84. The molecule has 67 heavy (non-hydrogen) atoms. The maximum atomic E-state index is 15.1. The van der Waals surface area contributed by atoms with Gasteiger partial charge in [-0.3, -0.25) is 14.4 Å². The van der Waals surface area contributed by atoms with E-state index in [0.717, 1.165) is 37.7 Å². The van der Waals surface area contributed by atoms with Gasteiger partial charge in [0, 0.05) is 47.9 Å². The molecule has 1 aromatic rings. The number of H-pyrrole nitrogens is 1. The predicted molar refractivity (Wildman–Crippen MR) is 249 cm³/mol. The molecular weight excluding hydrogens is 849 g/mol. The number of fused-ring (bicyclic) bond motifs is 10. The van der Waals surface area contributed by atoms with Crippen LogP contribution in [0.3, 0.4) is 0 Å². The van der Waals surface area contributed by atoms with Crippen LogP contribution >= 0.6 is 0 Å². The molecule has 1 aromatic heterocycles. The summed E-state index contributed by atoms with van der Waals surface area (Å²) in [5.74, 6) is 4.30. The van der Waals surface area contributed by atoms with Gasteiger partial charge in [-0.05, 0) is 161 Å². The average molecular weight is 925 g/mol. The van der Waals surface area contributed by atoms with Crippen molar-refractivity contribution in [2.45, 2.75) is 172 Å². The fraction of sp³-hybridized carbons (Fsp3) is 0.764. The number of aliphatic hydroxyl groups is 6. The largest absolute Gasteiger partial charge is 0.465 e. The fourth-order valence-corrected chi connectivity index (χ4v) is 17.8. The standard InChI is InChI=1S/C55H76N2O10/c1-29-10-11-32-12-13-37-30(2)22-54(65)18-17-53(37,39(32)20-29)23-33(36-28-67-49(63)44(36)35-15-19-56-26-35)8-7-9-34-24-55(66)45-38(14-16-51(55,5)48(34)52(54,6)64)50(4)25-43(61)42(60)21-40(50)47(62)46(45)57-41(27-58)31(3)59/h12,15,19,26,29-30,33-34,36-44,48,56-58,60-61,64-66H,9-11,13-14,16-18,20-25,27-28H2,1-6H3/t29-,30+,33+,34+,36+,37-,38-,39+,40-,41-,42+,43-,44+,48-,50+,51+,52+,53-,54+,55+/m0/s1. The van der Waals surface area contributed by atoms with Gasteiger partial charge in [-0.1, -0.05) is 45.3 Å². The number of carbonyl (C=O) groups excluding carboxylic acids is 3. The molecule has 1 aliphatic heterocycles. The van der Waals surface area contributed by atoms with Crippen molar-refractivity contribution in [3.05, 3.63) is 46.9 Å². The lowest BCUT2D eigenvalue weighted by Crippen LogP contribution is -2.66. The molecule has 0 amide bonds. The van der Waals surface area contributed by atoms with Crippen LogP contribution in [0, 0.1) is 87.3 Å². The molecule has 2 heterocycles. The normalized spacial score (nSPS) is 49.7. The molecule has 1 spiro atoms. The van der Waals surface area contributed by atoms with Crippen LogP contribution in [0.2, 0.25) is 0 Å². The maximum absolute atomic E-state index is 15.1. The molecule has 0 radical (unpaired) electrons. The first-order chi connectivity index (χ1) is 31.6. The highest BCUT2D eigenvalue weighted by molar-refractivity contribution is 6.00. The summed E-state index contributed by atoms with van der Waals surface area (Å²) in [6, 6.07) is 0.834. The molecule has 20 atom stereocenters. The van der Waals surface area contributed by atoms with E-state index in [0.29, 0.717) is 43.6 Å². The van der Waals surface area contributed by atoms with Gasteiger partial charge in [-0.15, -0.1) is 5.92 Å². The number of aromatic amines is 1. The number of ketones is 2. The molecule has 8 N–H and O–H groups in total. The first-order valence-corrected chi connectivity index (χ1v) is 25.8. The third-order valence-electron chi connectivity index (χ3n) is 21.2. The maximum Gasteiger partial charge on any atom is 0.313 e. The van der Waals surface area contributed by atoms with Gasteiger partial charge in [0.05, 0.1) is 53.8 Å². The summed E-state index contributed by atoms with van der Waals surface area (Å²) in [4.78, 5) is 45.0. The van der Waals surface area contributed by atoms with Crippen molar-refractivity contribution in [1.29, 1.82) is 0 Å². The van der Waals surface area contributed by atoms with Gasteiger partial charge in [-0.2, -0.15) is 0 Å². The van der Waals surface area contributed by atoms with Crippen LogP contribution in [-0.2, 0) is 19.1 Å². The molecule has 6 fully saturated rings. The number of cyclic esters (lactones) is 1. The van der Waals surface area contributed by atoms with E-state index in [1.807, 2.05) is 32.3 Å². The average Bonchev–Trinajstić information content (AvgIpc) is 3.97. The Morgan fingerprint density at radius 1 is 0.970 bits per heavy atom. The smallest absolute Gasteiger partial charge is 0.313 e. The minimum Gasteiger partial charge on any atom is -0.465 e. The molecule has 366 valence electrons. The van der Waals surface area contributed by atoms with Crippen molar-refractivity contribution in [3.63, 3.8) is 0 Å². The Morgan fingerprint density at radius 2 is 1.75 bits per heavy atom. The van der Waals surface area contributed by atoms with Crippen molar-refractivity contribution in [2.75, 3.05) is 13.2 Å². The first-order valence-electron chi connectivity index (χ1n) is 25.8. The lowest BCUT2D eigenvalue weighted by atomic mass is 9.44. The van der Waals surface area contributed by atoms with Crippen molar-refractivity contribution < 1.29 is 49.8 Å². The van der Waals surface area contributed by atoms with E-state index in [9.17, 15) is 40.2 Å². The first kappa shape index (κ1) is 47.4. The SMILES string of the molecule is CC(=O)[C@H](CO)NC1=C2[C@H](CC[C@]3(C)[C@@H]4[C@H](CC#C[C@@H]([C@H]5COC(=O)[C@@H]5c5cc[nH]c5)C[C@@]56CC[C@@](O)(C[C@@H](C)[C@@H]5CC=C5CC[C@H](C)C[C@H]56)[C@]4(C)O)C[C@@]23O)[C@@]2(C)C[C@H](O)[C@H](O)C[C@H]2C1=O. The van der Waals surface area contributed by atoms with Crippen LogP contribution < -0.4 is 5.32 Å². The molecule has 2 bridgehead atoms. The molecule has 8 aliphatic carbocycles.